The average molecular weight is 243 g/mol. The highest BCUT2D eigenvalue weighted by Gasteiger charge is 2.48. The van der Waals surface area contributed by atoms with Gasteiger partial charge in [0.15, 0.2) is 0 Å². The molecule has 0 unspecified atom stereocenters. The van der Waals surface area contributed by atoms with Crippen molar-refractivity contribution < 1.29 is 22.7 Å². The third-order valence-electron chi connectivity index (χ3n) is 1.97. The van der Waals surface area contributed by atoms with Gasteiger partial charge in [-0.1, -0.05) is 23.7 Å². The van der Waals surface area contributed by atoms with Gasteiger partial charge in [0, 0.05) is 5.02 Å². The molecule has 84 valence electrons. The molecule has 0 aliphatic rings. The van der Waals surface area contributed by atoms with E-state index in [4.69, 9.17) is 11.6 Å². The van der Waals surface area contributed by atoms with Gasteiger partial charge < -0.3 is 5.11 Å². The van der Waals surface area contributed by atoms with Crippen molar-refractivity contribution in [2.24, 2.45) is 0 Å². The molecule has 6 heteroatoms. The van der Waals surface area contributed by atoms with Gasteiger partial charge >= 0.3 is 0 Å². The first-order valence-corrected chi connectivity index (χ1v) is 4.31. The molecular formula is C9H7ClF4O. The summed E-state index contributed by atoms with van der Waals surface area (Å²) in [5.74, 6) is 0. The summed E-state index contributed by atoms with van der Waals surface area (Å²) in [5, 5.41) is 9.40. The van der Waals surface area contributed by atoms with Crippen LogP contribution in [-0.4, -0.2) is 18.0 Å². The Morgan fingerprint density at radius 1 is 1.00 bits per heavy atom. The van der Waals surface area contributed by atoms with E-state index in [9.17, 15) is 22.7 Å². The summed E-state index contributed by atoms with van der Waals surface area (Å²) in [4.78, 5) is 0. The van der Waals surface area contributed by atoms with E-state index in [1.807, 2.05) is 0 Å². The second-order valence-corrected chi connectivity index (χ2v) is 3.37. The molecule has 0 aromatic heterocycles. The molecule has 0 saturated carbocycles. The Labute approximate surface area is 88.3 Å². The molecule has 0 saturated heterocycles. The molecule has 0 amide bonds. The fourth-order valence-corrected chi connectivity index (χ4v) is 1.19. The van der Waals surface area contributed by atoms with Crippen LogP contribution in [0.2, 0.25) is 5.02 Å². The topological polar surface area (TPSA) is 20.2 Å². The summed E-state index contributed by atoms with van der Waals surface area (Å²) < 4.78 is 49.4. The van der Waals surface area contributed by atoms with Crippen LogP contribution in [0.3, 0.4) is 0 Å². The summed E-state index contributed by atoms with van der Waals surface area (Å²) in [5.41, 5.74) is -4.00. The second kappa shape index (κ2) is 4.37. The molecule has 15 heavy (non-hydrogen) atoms. The number of alkyl halides is 4. The zero-order valence-electron chi connectivity index (χ0n) is 7.30. The van der Waals surface area contributed by atoms with Crippen LogP contribution >= 0.6 is 11.6 Å². The van der Waals surface area contributed by atoms with Crippen LogP contribution < -0.4 is 0 Å². The minimum absolute atomic E-state index is 0.213. The van der Waals surface area contributed by atoms with E-state index in [1.54, 1.807) is 0 Å². The first kappa shape index (κ1) is 12.3. The van der Waals surface area contributed by atoms with Crippen molar-refractivity contribution in [3.8, 4) is 0 Å². The van der Waals surface area contributed by atoms with Crippen LogP contribution in [0.15, 0.2) is 24.3 Å². The number of rotatable bonds is 3. The van der Waals surface area contributed by atoms with Gasteiger partial charge in [-0.2, -0.15) is 0 Å². The average Bonchev–Trinajstić information content (AvgIpc) is 2.17. The Morgan fingerprint density at radius 3 is 1.73 bits per heavy atom. The first-order chi connectivity index (χ1) is 6.89. The third-order valence-corrected chi connectivity index (χ3v) is 2.22. The van der Waals surface area contributed by atoms with Gasteiger partial charge in [0.25, 0.3) is 12.9 Å². The van der Waals surface area contributed by atoms with Crippen molar-refractivity contribution in [2.45, 2.75) is 18.5 Å². The largest absolute Gasteiger partial charge is 0.374 e. The van der Waals surface area contributed by atoms with Crippen LogP contribution in [0.1, 0.15) is 5.56 Å². The molecule has 0 aliphatic carbocycles. The van der Waals surface area contributed by atoms with Crippen molar-refractivity contribution in [1.82, 2.24) is 0 Å². The van der Waals surface area contributed by atoms with E-state index >= 15 is 0 Å². The molecule has 1 aromatic rings. The van der Waals surface area contributed by atoms with Crippen LogP contribution in [0.5, 0.6) is 0 Å². The van der Waals surface area contributed by atoms with E-state index in [1.165, 1.54) is 0 Å². The SMILES string of the molecule is OC(c1ccc(Cl)cc1)(C(F)F)C(F)F. The Bertz CT molecular complexity index is 317. The number of aliphatic hydroxyl groups is 1. The lowest BCUT2D eigenvalue weighted by molar-refractivity contribution is -0.183. The Hall–Kier alpha value is -0.810. The predicted octanol–water partition coefficient (Wildman–Crippen LogP) is 3.06. The van der Waals surface area contributed by atoms with E-state index < -0.39 is 24.0 Å². The highest BCUT2D eigenvalue weighted by Crippen LogP contribution is 2.34. The summed E-state index contributed by atoms with van der Waals surface area (Å²) in [6, 6.07) is 4.21. The standard InChI is InChI=1S/C9H7ClF4O/c10-6-3-1-5(2-4-6)9(15,7(11)12)8(13)14/h1-4,7-8,15H. The van der Waals surface area contributed by atoms with E-state index in [2.05, 4.69) is 0 Å². The molecule has 0 fully saturated rings. The van der Waals surface area contributed by atoms with Crippen molar-refractivity contribution in [1.29, 1.82) is 0 Å². The van der Waals surface area contributed by atoms with Crippen LogP contribution in [0, 0.1) is 0 Å². The third kappa shape index (κ3) is 2.23. The lowest BCUT2D eigenvalue weighted by Gasteiger charge is -2.26. The first-order valence-electron chi connectivity index (χ1n) is 3.93. The Balaban J connectivity index is 3.16. The number of halogens is 5. The quantitative estimate of drug-likeness (QED) is 0.808. The van der Waals surface area contributed by atoms with Gasteiger partial charge in [-0.15, -0.1) is 0 Å². The van der Waals surface area contributed by atoms with Gasteiger partial charge in [-0.25, -0.2) is 17.6 Å². The fourth-order valence-electron chi connectivity index (χ4n) is 1.06. The lowest BCUT2D eigenvalue weighted by atomic mass is 9.95. The van der Waals surface area contributed by atoms with Gasteiger partial charge in [-0.3, -0.25) is 0 Å². The van der Waals surface area contributed by atoms with Crippen molar-refractivity contribution in [2.75, 3.05) is 0 Å². The molecule has 0 heterocycles. The zero-order chi connectivity index (χ0) is 11.6. The molecule has 0 bridgehead atoms. The summed E-state index contributed by atoms with van der Waals surface area (Å²) in [6.45, 7) is 0. The molecule has 0 aliphatic heterocycles. The van der Waals surface area contributed by atoms with Crippen LogP contribution in [0.4, 0.5) is 17.6 Å². The fraction of sp³-hybridized carbons (Fsp3) is 0.333. The van der Waals surface area contributed by atoms with Gasteiger partial charge in [0.2, 0.25) is 5.60 Å². The van der Waals surface area contributed by atoms with Crippen molar-refractivity contribution in [3.63, 3.8) is 0 Å². The molecule has 0 spiro atoms. The van der Waals surface area contributed by atoms with Gasteiger partial charge in [-0.05, 0) is 17.7 Å². The second-order valence-electron chi connectivity index (χ2n) is 2.93. The maximum atomic E-state index is 12.4. The monoisotopic (exact) mass is 242 g/mol. The van der Waals surface area contributed by atoms with Crippen LogP contribution in [0.25, 0.3) is 0 Å². The van der Waals surface area contributed by atoms with E-state index in [0.29, 0.717) is 0 Å². The maximum Gasteiger partial charge on any atom is 0.276 e. The highest BCUT2D eigenvalue weighted by molar-refractivity contribution is 6.30. The van der Waals surface area contributed by atoms with Gasteiger partial charge in [0.1, 0.15) is 0 Å². The van der Waals surface area contributed by atoms with E-state index in [0.717, 1.165) is 24.3 Å². The molecule has 1 nitrogen and oxygen atoms in total. The number of hydrogen-bond donors (Lipinski definition) is 1. The Kier molecular flexibility index (Phi) is 3.57. The molecular weight excluding hydrogens is 236 g/mol. The predicted molar refractivity (Wildman–Crippen MR) is 47.4 cm³/mol. The number of benzene rings is 1. The van der Waals surface area contributed by atoms with E-state index in [-0.39, 0.29) is 5.02 Å². The lowest BCUT2D eigenvalue weighted by Crippen LogP contribution is -2.41. The van der Waals surface area contributed by atoms with Gasteiger partial charge in [0.05, 0.1) is 0 Å². The zero-order valence-corrected chi connectivity index (χ0v) is 8.06. The molecule has 1 aromatic carbocycles. The minimum atomic E-state index is -3.57. The normalized spacial score (nSPS) is 12.5. The van der Waals surface area contributed by atoms with Crippen molar-refractivity contribution in [3.05, 3.63) is 34.9 Å². The van der Waals surface area contributed by atoms with Crippen LogP contribution in [-0.2, 0) is 5.60 Å². The summed E-state index contributed by atoms with van der Waals surface area (Å²) in [6.07, 6.45) is -7.14. The maximum absolute atomic E-state index is 12.4. The molecule has 0 atom stereocenters. The highest BCUT2D eigenvalue weighted by atomic mass is 35.5. The molecule has 1 N–H and O–H groups in total. The summed E-state index contributed by atoms with van der Waals surface area (Å²) in [7, 11) is 0. The van der Waals surface area contributed by atoms with Crippen molar-refractivity contribution >= 4 is 11.6 Å². The smallest absolute Gasteiger partial charge is 0.276 e. The summed E-state index contributed by atoms with van der Waals surface area (Å²) >= 11 is 5.46. The molecule has 1 rings (SSSR count). The number of hydrogen-bond acceptors (Lipinski definition) is 1. The minimum Gasteiger partial charge on any atom is -0.374 e. The Morgan fingerprint density at radius 2 is 1.40 bits per heavy atom. The molecule has 0 radical (unpaired) electrons.